The number of anilines is 1. The maximum absolute atomic E-state index is 9.41. The Labute approximate surface area is 125 Å². The minimum atomic E-state index is 0.666. The van der Waals surface area contributed by atoms with E-state index in [0.717, 1.165) is 35.7 Å². The molecule has 0 aromatic carbocycles. The highest BCUT2D eigenvalue weighted by Gasteiger charge is 2.18. The maximum atomic E-state index is 9.41. The van der Waals surface area contributed by atoms with Gasteiger partial charge in [0, 0.05) is 24.8 Å². The average molecular weight is 281 g/mol. The SMILES string of the molecule is Cc1occc1CN(C)c1nc2c(cc1C#N)CCCC2. The summed E-state index contributed by atoms with van der Waals surface area (Å²) in [7, 11) is 1.98. The zero-order chi connectivity index (χ0) is 14.8. The van der Waals surface area contributed by atoms with Gasteiger partial charge in [0.1, 0.15) is 17.6 Å². The van der Waals surface area contributed by atoms with E-state index in [2.05, 4.69) is 6.07 Å². The summed E-state index contributed by atoms with van der Waals surface area (Å²) in [6.07, 6.45) is 6.15. The molecule has 0 spiro atoms. The van der Waals surface area contributed by atoms with Crippen LogP contribution in [0, 0.1) is 18.3 Å². The number of furan rings is 1. The number of hydrogen-bond acceptors (Lipinski definition) is 4. The molecule has 4 heteroatoms. The lowest BCUT2D eigenvalue weighted by atomic mass is 9.95. The van der Waals surface area contributed by atoms with Crippen LogP contribution in [0.25, 0.3) is 0 Å². The molecule has 0 fully saturated rings. The summed E-state index contributed by atoms with van der Waals surface area (Å²) < 4.78 is 5.34. The van der Waals surface area contributed by atoms with E-state index >= 15 is 0 Å². The number of aryl methyl sites for hydroxylation is 3. The van der Waals surface area contributed by atoms with Crippen LogP contribution in [0.5, 0.6) is 0 Å². The van der Waals surface area contributed by atoms with Crippen LogP contribution in [-0.2, 0) is 19.4 Å². The first-order valence-corrected chi connectivity index (χ1v) is 7.36. The Morgan fingerprint density at radius 2 is 2.19 bits per heavy atom. The fraction of sp³-hybridized carbons (Fsp3) is 0.412. The van der Waals surface area contributed by atoms with Crippen LogP contribution < -0.4 is 4.90 Å². The summed E-state index contributed by atoms with van der Waals surface area (Å²) in [5.41, 5.74) is 4.20. The zero-order valence-corrected chi connectivity index (χ0v) is 12.5. The lowest BCUT2D eigenvalue weighted by Gasteiger charge is -2.23. The molecule has 21 heavy (non-hydrogen) atoms. The van der Waals surface area contributed by atoms with Crippen molar-refractivity contribution in [2.24, 2.45) is 0 Å². The Bertz CT molecular complexity index is 697. The number of fused-ring (bicyclic) bond motifs is 1. The molecule has 0 atom stereocenters. The van der Waals surface area contributed by atoms with Gasteiger partial charge in [0.05, 0.1) is 11.8 Å². The molecular weight excluding hydrogens is 262 g/mol. The van der Waals surface area contributed by atoms with Crippen LogP contribution in [0.2, 0.25) is 0 Å². The van der Waals surface area contributed by atoms with Crippen molar-refractivity contribution < 1.29 is 4.42 Å². The lowest BCUT2D eigenvalue weighted by molar-refractivity contribution is 0.529. The first kappa shape index (κ1) is 13.7. The van der Waals surface area contributed by atoms with E-state index in [0.29, 0.717) is 12.1 Å². The Hall–Kier alpha value is -2.28. The van der Waals surface area contributed by atoms with Gasteiger partial charge in [-0.05, 0) is 50.3 Å². The molecule has 0 aliphatic heterocycles. The predicted octanol–water partition coefficient (Wildman–Crippen LogP) is 3.37. The third kappa shape index (κ3) is 2.64. The molecule has 0 amide bonds. The third-order valence-electron chi connectivity index (χ3n) is 4.14. The molecule has 4 nitrogen and oxygen atoms in total. The van der Waals surface area contributed by atoms with Gasteiger partial charge in [0.25, 0.3) is 0 Å². The van der Waals surface area contributed by atoms with Crippen LogP contribution in [0.4, 0.5) is 5.82 Å². The van der Waals surface area contributed by atoms with E-state index in [-0.39, 0.29) is 0 Å². The van der Waals surface area contributed by atoms with Crippen LogP contribution >= 0.6 is 0 Å². The second-order valence-corrected chi connectivity index (χ2v) is 5.64. The number of aromatic nitrogens is 1. The van der Waals surface area contributed by atoms with Crippen molar-refractivity contribution in [1.82, 2.24) is 4.98 Å². The monoisotopic (exact) mass is 281 g/mol. The molecule has 2 aromatic heterocycles. The number of pyridine rings is 1. The molecule has 1 aliphatic rings. The summed E-state index contributed by atoms with van der Waals surface area (Å²) >= 11 is 0. The Balaban J connectivity index is 1.93. The second kappa shape index (κ2) is 5.61. The summed E-state index contributed by atoms with van der Waals surface area (Å²) in [5.74, 6) is 1.69. The normalized spacial score (nSPS) is 13.6. The summed E-state index contributed by atoms with van der Waals surface area (Å²) in [6, 6.07) is 6.29. The number of rotatable bonds is 3. The van der Waals surface area contributed by atoms with E-state index in [1.54, 1.807) is 6.26 Å². The van der Waals surface area contributed by atoms with E-state index in [1.807, 2.05) is 31.0 Å². The molecule has 0 unspecified atom stereocenters. The predicted molar refractivity (Wildman–Crippen MR) is 81.1 cm³/mol. The smallest absolute Gasteiger partial charge is 0.146 e. The molecule has 0 bridgehead atoms. The van der Waals surface area contributed by atoms with E-state index in [1.165, 1.54) is 18.4 Å². The Kier molecular flexibility index (Phi) is 3.66. The van der Waals surface area contributed by atoms with Gasteiger partial charge in [-0.15, -0.1) is 0 Å². The topological polar surface area (TPSA) is 53.1 Å². The van der Waals surface area contributed by atoms with E-state index in [9.17, 15) is 5.26 Å². The van der Waals surface area contributed by atoms with Gasteiger partial charge in [0.2, 0.25) is 0 Å². The van der Waals surface area contributed by atoms with Crippen molar-refractivity contribution in [1.29, 1.82) is 5.26 Å². The molecule has 2 heterocycles. The van der Waals surface area contributed by atoms with Gasteiger partial charge >= 0.3 is 0 Å². The van der Waals surface area contributed by atoms with Crippen LogP contribution in [0.15, 0.2) is 22.8 Å². The van der Waals surface area contributed by atoms with Crippen molar-refractivity contribution >= 4 is 5.82 Å². The first-order chi connectivity index (χ1) is 10.2. The minimum absolute atomic E-state index is 0.666. The van der Waals surface area contributed by atoms with Crippen molar-refractivity contribution in [2.75, 3.05) is 11.9 Å². The fourth-order valence-corrected chi connectivity index (χ4v) is 2.90. The highest BCUT2D eigenvalue weighted by atomic mass is 16.3. The molecule has 0 saturated heterocycles. The number of nitrogens with zero attached hydrogens (tertiary/aromatic N) is 3. The Morgan fingerprint density at radius 3 is 2.90 bits per heavy atom. The highest BCUT2D eigenvalue weighted by molar-refractivity contribution is 5.56. The van der Waals surface area contributed by atoms with Gasteiger partial charge in [-0.3, -0.25) is 0 Å². The second-order valence-electron chi connectivity index (χ2n) is 5.64. The van der Waals surface area contributed by atoms with Crippen molar-refractivity contribution in [3.8, 4) is 6.07 Å². The van der Waals surface area contributed by atoms with Crippen molar-refractivity contribution in [2.45, 2.75) is 39.2 Å². The molecule has 1 aliphatic carbocycles. The highest BCUT2D eigenvalue weighted by Crippen LogP contribution is 2.27. The first-order valence-electron chi connectivity index (χ1n) is 7.36. The number of hydrogen-bond donors (Lipinski definition) is 0. The van der Waals surface area contributed by atoms with E-state index < -0.39 is 0 Å². The molecule has 0 radical (unpaired) electrons. The van der Waals surface area contributed by atoms with Crippen molar-refractivity contribution in [3.05, 3.63) is 46.5 Å². The summed E-state index contributed by atoms with van der Waals surface area (Å²) in [6.45, 7) is 2.65. The molecular formula is C17H19N3O. The fourth-order valence-electron chi connectivity index (χ4n) is 2.90. The molecule has 3 rings (SSSR count). The quantitative estimate of drug-likeness (QED) is 0.865. The Morgan fingerprint density at radius 1 is 1.38 bits per heavy atom. The van der Waals surface area contributed by atoms with Gasteiger partial charge in [-0.1, -0.05) is 0 Å². The van der Waals surface area contributed by atoms with Gasteiger partial charge in [-0.25, -0.2) is 4.98 Å². The zero-order valence-electron chi connectivity index (χ0n) is 12.5. The molecule has 0 N–H and O–H groups in total. The van der Waals surface area contributed by atoms with Crippen molar-refractivity contribution in [3.63, 3.8) is 0 Å². The van der Waals surface area contributed by atoms with Gasteiger partial charge in [-0.2, -0.15) is 5.26 Å². The molecule has 0 saturated carbocycles. The van der Waals surface area contributed by atoms with E-state index in [4.69, 9.17) is 9.40 Å². The van der Waals surface area contributed by atoms with Gasteiger partial charge < -0.3 is 9.32 Å². The lowest BCUT2D eigenvalue weighted by Crippen LogP contribution is -2.21. The summed E-state index contributed by atoms with van der Waals surface area (Å²) in [5, 5.41) is 9.41. The number of nitriles is 1. The van der Waals surface area contributed by atoms with Crippen LogP contribution in [0.1, 0.15) is 41.0 Å². The largest absolute Gasteiger partial charge is 0.469 e. The summed E-state index contributed by atoms with van der Waals surface area (Å²) in [4.78, 5) is 6.80. The van der Waals surface area contributed by atoms with Crippen LogP contribution in [0.3, 0.4) is 0 Å². The third-order valence-corrected chi connectivity index (χ3v) is 4.14. The minimum Gasteiger partial charge on any atom is -0.469 e. The molecule has 108 valence electrons. The van der Waals surface area contributed by atoms with Gasteiger partial charge in [0.15, 0.2) is 0 Å². The standard InChI is InChI=1S/C17H19N3O/c1-12-14(7-8-21-12)11-20(2)17-15(10-18)9-13-5-3-4-6-16(13)19-17/h7-9H,3-6,11H2,1-2H3. The average Bonchev–Trinajstić information content (AvgIpc) is 2.91. The van der Waals surface area contributed by atoms with Crippen LogP contribution in [-0.4, -0.2) is 12.0 Å². The molecule has 2 aromatic rings. The maximum Gasteiger partial charge on any atom is 0.146 e.